The lowest BCUT2D eigenvalue weighted by Crippen LogP contribution is -2.45. The zero-order chi connectivity index (χ0) is 37.2. The van der Waals surface area contributed by atoms with E-state index in [-0.39, 0.29) is 17.9 Å². The van der Waals surface area contributed by atoms with Crippen molar-refractivity contribution in [3.63, 3.8) is 0 Å². The molecule has 272 valence electrons. The molecule has 53 heavy (non-hydrogen) atoms. The normalized spacial score (nSPS) is 15.2. The number of para-hydroxylation sites is 2. The lowest BCUT2D eigenvalue weighted by Gasteiger charge is -2.38. The van der Waals surface area contributed by atoms with Crippen LogP contribution in [0.15, 0.2) is 103 Å². The molecule has 0 bridgehead atoms. The molecule has 4 aromatic carbocycles. The van der Waals surface area contributed by atoms with Crippen molar-refractivity contribution in [3.05, 3.63) is 142 Å². The zero-order valence-corrected chi connectivity index (χ0v) is 31.2. The van der Waals surface area contributed by atoms with Gasteiger partial charge in [0.25, 0.3) is 11.8 Å². The van der Waals surface area contributed by atoms with Gasteiger partial charge in [-0.3, -0.25) is 9.59 Å². The lowest BCUT2D eigenvalue weighted by atomic mass is 9.88. The SMILES string of the molecule is Cc1c(C(=O)N(C)c2ccccc2)cc(-c2cc3c(cc2C(=O)N2Cc4ccccc4C[C@H]2CCN(C)C)CN(C(=O)Oc2ccccc2)CC3)n1C. The van der Waals surface area contributed by atoms with E-state index >= 15 is 4.79 Å². The number of carbonyl (C=O) groups is 3. The van der Waals surface area contributed by atoms with Crippen molar-refractivity contribution in [3.8, 4) is 17.0 Å². The molecule has 0 N–H and O–H groups in total. The lowest BCUT2D eigenvalue weighted by molar-refractivity contribution is 0.0621. The predicted octanol–water partition coefficient (Wildman–Crippen LogP) is 7.35. The fourth-order valence-electron chi connectivity index (χ4n) is 7.58. The Morgan fingerprint density at radius 1 is 0.774 bits per heavy atom. The molecule has 0 aliphatic carbocycles. The number of benzene rings is 4. The van der Waals surface area contributed by atoms with Crippen molar-refractivity contribution in [2.75, 3.05) is 39.1 Å². The van der Waals surface area contributed by atoms with Gasteiger partial charge in [0.15, 0.2) is 0 Å². The number of anilines is 1. The fraction of sp³-hybridized carbons (Fsp3) is 0.295. The number of hydrogen-bond donors (Lipinski definition) is 0. The number of hydrogen-bond acceptors (Lipinski definition) is 5. The van der Waals surface area contributed by atoms with Crippen molar-refractivity contribution in [2.45, 2.75) is 45.3 Å². The van der Waals surface area contributed by atoms with Crippen LogP contribution < -0.4 is 9.64 Å². The minimum atomic E-state index is -0.418. The monoisotopic (exact) mass is 709 g/mol. The van der Waals surface area contributed by atoms with E-state index in [2.05, 4.69) is 43.3 Å². The third-order valence-corrected chi connectivity index (χ3v) is 10.8. The molecule has 3 heterocycles. The molecule has 0 saturated carbocycles. The maximum absolute atomic E-state index is 15.2. The third kappa shape index (κ3) is 7.35. The highest BCUT2D eigenvalue weighted by Crippen LogP contribution is 2.36. The highest BCUT2D eigenvalue weighted by Gasteiger charge is 2.34. The van der Waals surface area contributed by atoms with Gasteiger partial charge in [-0.05, 0) is 112 Å². The van der Waals surface area contributed by atoms with Gasteiger partial charge in [0, 0.05) is 68.0 Å². The van der Waals surface area contributed by atoms with Crippen LogP contribution >= 0.6 is 0 Å². The summed E-state index contributed by atoms with van der Waals surface area (Å²) in [7, 11) is 7.86. The van der Waals surface area contributed by atoms with Crippen LogP contribution in [0, 0.1) is 6.92 Å². The molecule has 1 atom stereocenters. The average Bonchev–Trinajstić information content (AvgIpc) is 3.48. The molecule has 2 aliphatic heterocycles. The minimum absolute atomic E-state index is 0.00726. The second-order valence-corrected chi connectivity index (χ2v) is 14.5. The second-order valence-electron chi connectivity index (χ2n) is 14.5. The summed E-state index contributed by atoms with van der Waals surface area (Å²) in [6.07, 6.45) is 1.80. The van der Waals surface area contributed by atoms with Gasteiger partial charge in [-0.1, -0.05) is 60.7 Å². The molecular weight excluding hydrogens is 663 g/mol. The van der Waals surface area contributed by atoms with E-state index in [0.717, 1.165) is 58.7 Å². The van der Waals surface area contributed by atoms with Gasteiger partial charge in [0.2, 0.25) is 0 Å². The molecule has 2 aliphatic rings. The van der Waals surface area contributed by atoms with Crippen LogP contribution in [0.1, 0.15) is 55.1 Å². The van der Waals surface area contributed by atoms with Crippen molar-refractivity contribution in [2.24, 2.45) is 7.05 Å². The number of rotatable bonds is 8. The van der Waals surface area contributed by atoms with Crippen LogP contribution in [0.2, 0.25) is 0 Å². The van der Waals surface area contributed by atoms with Gasteiger partial charge in [-0.15, -0.1) is 0 Å². The number of nitrogens with zero attached hydrogens (tertiary/aromatic N) is 5. The first-order valence-corrected chi connectivity index (χ1v) is 18.3. The molecule has 0 unspecified atom stereocenters. The zero-order valence-electron chi connectivity index (χ0n) is 31.2. The molecule has 3 amide bonds. The van der Waals surface area contributed by atoms with Gasteiger partial charge in [0.1, 0.15) is 5.75 Å². The van der Waals surface area contributed by atoms with Crippen molar-refractivity contribution in [1.82, 2.24) is 19.3 Å². The number of aromatic nitrogens is 1. The Balaban J connectivity index is 1.30. The standard InChI is InChI=1S/C44H47N5O4/c1-30-38(42(50)47(5)35-16-8-6-9-17-35)27-41(46(30)4)39-25-32-20-23-48(44(52)53-37-18-10-7-11-19-37)28-34(32)26-40(39)43(51)49-29-33-15-13-12-14-31(33)24-36(49)21-22-45(2)3/h6-19,25-27,36H,20-24,28-29H2,1-5H3/t36-/m1/s1. The Bertz CT molecular complexity index is 2140. The molecule has 7 rings (SSSR count). The summed E-state index contributed by atoms with van der Waals surface area (Å²) in [6.45, 7) is 4.12. The molecule has 1 aromatic heterocycles. The predicted molar refractivity (Wildman–Crippen MR) is 208 cm³/mol. The molecule has 0 spiro atoms. The van der Waals surface area contributed by atoms with Crippen LogP contribution in [-0.2, 0) is 33.0 Å². The van der Waals surface area contributed by atoms with E-state index in [1.807, 2.05) is 90.2 Å². The van der Waals surface area contributed by atoms with E-state index in [1.54, 1.807) is 29.0 Å². The van der Waals surface area contributed by atoms with Crippen LogP contribution in [0.4, 0.5) is 10.5 Å². The van der Waals surface area contributed by atoms with Crippen molar-refractivity contribution in [1.29, 1.82) is 0 Å². The first kappa shape index (κ1) is 35.7. The maximum Gasteiger partial charge on any atom is 0.415 e. The summed E-state index contributed by atoms with van der Waals surface area (Å²) in [5.74, 6) is 0.314. The molecule has 0 radical (unpaired) electrons. The van der Waals surface area contributed by atoms with Crippen molar-refractivity contribution >= 4 is 23.6 Å². The van der Waals surface area contributed by atoms with Crippen LogP contribution in [-0.4, -0.2) is 77.4 Å². The molecule has 0 saturated heterocycles. The van der Waals surface area contributed by atoms with Crippen molar-refractivity contribution < 1.29 is 19.1 Å². The Morgan fingerprint density at radius 2 is 1.45 bits per heavy atom. The van der Waals surface area contributed by atoms with Gasteiger partial charge in [0.05, 0.1) is 5.56 Å². The average molecular weight is 710 g/mol. The third-order valence-electron chi connectivity index (χ3n) is 10.8. The summed E-state index contributed by atoms with van der Waals surface area (Å²) in [5.41, 5.74) is 8.76. The number of carbonyl (C=O) groups excluding carboxylic acids is 3. The first-order chi connectivity index (χ1) is 25.6. The van der Waals surface area contributed by atoms with Crippen LogP contribution in [0.5, 0.6) is 5.75 Å². The van der Waals surface area contributed by atoms with E-state index in [9.17, 15) is 9.59 Å². The smallest absolute Gasteiger partial charge is 0.410 e. The maximum atomic E-state index is 15.2. The summed E-state index contributed by atoms with van der Waals surface area (Å²) >= 11 is 0. The second kappa shape index (κ2) is 15.1. The van der Waals surface area contributed by atoms with Gasteiger partial charge < -0.3 is 28.9 Å². The number of amides is 3. The quantitative estimate of drug-likeness (QED) is 0.168. The number of ether oxygens (including phenoxy) is 1. The summed E-state index contributed by atoms with van der Waals surface area (Å²) < 4.78 is 7.72. The molecular formula is C44H47N5O4. The van der Waals surface area contributed by atoms with Crippen LogP contribution in [0.25, 0.3) is 11.3 Å². The molecule has 9 nitrogen and oxygen atoms in total. The van der Waals surface area contributed by atoms with Gasteiger partial charge in [-0.2, -0.15) is 0 Å². The summed E-state index contributed by atoms with van der Waals surface area (Å²) in [5, 5.41) is 0. The Morgan fingerprint density at radius 3 is 2.17 bits per heavy atom. The largest absolute Gasteiger partial charge is 0.415 e. The minimum Gasteiger partial charge on any atom is -0.410 e. The Labute approximate surface area is 312 Å². The Kier molecular flexibility index (Phi) is 10.2. The summed E-state index contributed by atoms with van der Waals surface area (Å²) in [4.78, 5) is 50.0. The molecule has 0 fully saturated rings. The summed E-state index contributed by atoms with van der Waals surface area (Å²) in [6, 6.07) is 33.1. The highest BCUT2D eigenvalue weighted by molar-refractivity contribution is 6.08. The van der Waals surface area contributed by atoms with E-state index in [4.69, 9.17) is 4.74 Å². The van der Waals surface area contributed by atoms with E-state index in [0.29, 0.717) is 42.9 Å². The van der Waals surface area contributed by atoms with Gasteiger partial charge in [-0.25, -0.2) is 4.79 Å². The first-order valence-electron chi connectivity index (χ1n) is 18.3. The van der Waals surface area contributed by atoms with E-state index < -0.39 is 6.09 Å². The van der Waals surface area contributed by atoms with Crippen LogP contribution in [0.3, 0.4) is 0 Å². The fourth-order valence-corrected chi connectivity index (χ4v) is 7.58. The molecule has 5 aromatic rings. The van der Waals surface area contributed by atoms with Gasteiger partial charge >= 0.3 is 6.09 Å². The van der Waals surface area contributed by atoms with E-state index in [1.165, 1.54) is 5.56 Å². The number of fused-ring (bicyclic) bond motifs is 2. The topological polar surface area (TPSA) is 78.3 Å². The Hall–Kier alpha value is -5.67. The molecule has 9 heteroatoms. The highest BCUT2D eigenvalue weighted by atomic mass is 16.6.